The molecule has 0 bridgehead atoms. The minimum absolute atomic E-state index is 0.0638. The zero-order valence-electron chi connectivity index (χ0n) is 15.1. The van der Waals surface area contributed by atoms with E-state index in [0.29, 0.717) is 5.56 Å². The van der Waals surface area contributed by atoms with Crippen molar-refractivity contribution in [1.82, 2.24) is 5.01 Å². The number of hydrogen-bond donors (Lipinski definition) is 1. The van der Waals surface area contributed by atoms with Gasteiger partial charge < -0.3 is 10.0 Å². The lowest BCUT2D eigenvalue weighted by molar-refractivity contribution is -0.918. The lowest BCUT2D eigenvalue weighted by atomic mass is 10.1. The van der Waals surface area contributed by atoms with Gasteiger partial charge in [-0.25, -0.2) is 0 Å². The summed E-state index contributed by atoms with van der Waals surface area (Å²) < 4.78 is 1.81. The Bertz CT molecular complexity index is 815. The summed E-state index contributed by atoms with van der Waals surface area (Å²) in [6.45, 7) is 9.40. The second-order valence-electron chi connectivity index (χ2n) is 6.86. The SMILES string of the molecule is Cc1ccc(C[NH+]2CCN(N=Cc3cc(I)cc(I)c3[O-])CC2)c(C)c1. The first kappa shape index (κ1) is 19.9. The molecule has 0 aromatic heterocycles. The van der Waals surface area contributed by atoms with E-state index in [1.54, 1.807) is 11.1 Å². The Morgan fingerprint density at radius 2 is 1.88 bits per heavy atom. The third-order valence-electron chi connectivity index (χ3n) is 4.78. The van der Waals surface area contributed by atoms with E-state index >= 15 is 0 Å². The molecule has 0 unspecified atom stereocenters. The average Bonchev–Trinajstić information content (AvgIpc) is 2.60. The van der Waals surface area contributed by atoms with Crippen molar-refractivity contribution in [2.24, 2.45) is 5.10 Å². The first-order chi connectivity index (χ1) is 12.4. The third-order valence-corrected chi connectivity index (χ3v) is 6.21. The number of rotatable bonds is 4. The molecule has 0 radical (unpaired) electrons. The molecule has 2 aromatic rings. The van der Waals surface area contributed by atoms with Crippen molar-refractivity contribution in [1.29, 1.82) is 0 Å². The van der Waals surface area contributed by atoms with Crippen molar-refractivity contribution < 1.29 is 10.0 Å². The molecule has 6 heteroatoms. The summed E-state index contributed by atoms with van der Waals surface area (Å²) in [5.74, 6) is 0.0638. The quantitative estimate of drug-likeness (QED) is 0.450. The van der Waals surface area contributed by atoms with E-state index in [4.69, 9.17) is 0 Å². The van der Waals surface area contributed by atoms with E-state index in [9.17, 15) is 5.11 Å². The number of piperazine rings is 1. The van der Waals surface area contributed by atoms with Crippen LogP contribution in [-0.4, -0.2) is 37.4 Å². The minimum Gasteiger partial charge on any atom is -0.871 e. The fourth-order valence-electron chi connectivity index (χ4n) is 3.24. The summed E-state index contributed by atoms with van der Waals surface area (Å²) in [7, 11) is 0. The normalized spacial score (nSPS) is 15.8. The molecule has 3 rings (SSSR count). The van der Waals surface area contributed by atoms with Crippen LogP contribution in [0.5, 0.6) is 5.75 Å². The second-order valence-corrected chi connectivity index (χ2v) is 9.27. The number of hydrogen-bond acceptors (Lipinski definition) is 3. The van der Waals surface area contributed by atoms with Gasteiger partial charge in [-0.05, 0) is 82.3 Å². The molecule has 1 fully saturated rings. The van der Waals surface area contributed by atoms with Gasteiger partial charge in [-0.2, -0.15) is 5.10 Å². The molecular weight excluding hydrogens is 552 g/mol. The molecule has 4 nitrogen and oxygen atoms in total. The molecule has 1 N–H and O–H groups in total. The number of nitrogens with zero attached hydrogens (tertiary/aromatic N) is 2. The van der Waals surface area contributed by atoms with Crippen molar-refractivity contribution in [3.8, 4) is 5.75 Å². The highest BCUT2D eigenvalue weighted by Crippen LogP contribution is 2.23. The highest BCUT2D eigenvalue weighted by molar-refractivity contribution is 14.1. The van der Waals surface area contributed by atoms with Crippen LogP contribution < -0.4 is 10.0 Å². The van der Waals surface area contributed by atoms with Gasteiger partial charge in [0.2, 0.25) is 0 Å². The van der Waals surface area contributed by atoms with Gasteiger partial charge in [0.25, 0.3) is 0 Å². The maximum atomic E-state index is 12.2. The predicted octanol–water partition coefficient (Wildman–Crippen LogP) is 2.32. The van der Waals surface area contributed by atoms with Crippen molar-refractivity contribution in [2.75, 3.05) is 26.2 Å². The summed E-state index contributed by atoms with van der Waals surface area (Å²) in [5.41, 5.74) is 4.82. The van der Waals surface area contributed by atoms with Crippen molar-refractivity contribution in [2.45, 2.75) is 20.4 Å². The Kier molecular flexibility index (Phi) is 6.79. The Morgan fingerprint density at radius 1 is 1.15 bits per heavy atom. The zero-order valence-corrected chi connectivity index (χ0v) is 19.4. The molecule has 0 amide bonds. The van der Waals surface area contributed by atoms with E-state index in [2.05, 4.69) is 87.3 Å². The maximum absolute atomic E-state index is 12.2. The van der Waals surface area contributed by atoms with Crippen LogP contribution in [0, 0.1) is 21.0 Å². The van der Waals surface area contributed by atoms with Crippen molar-refractivity contribution in [3.63, 3.8) is 0 Å². The minimum atomic E-state index is 0.0638. The smallest absolute Gasteiger partial charge is 0.103 e. The molecule has 0 spiro atoms. The molecule has 1 aliphatic heterocycles. The van der Waals surface area contributed by atoms with Gasteiger partial charge in [0.05, 0.1) is 32.4 Å². The van der Waals surface area contributed by atoms with Crippen LogP contribution in [0.15, 0.2) is 35.4 Å². The number of quaternary nitrogens is 1. The molecular formula is C20H23I2N3O. The first-order valence-electron chi connectivity index (χ1n) is 8.77. The summed E-state index contributed by atoms with van der Waals surface area (Å²) >= 11 is 4.33. The fourth-order valence-corrected chi connectivity index (χ4v) is 5.13. The van der Waals surface area contributed by atoms with E-state index in [-0.39, 0.29) is 5.75 Å². The number of benzene rings is 2. The molecule has 26 heavy (non-hydrogen) atoms. The van der Waals surface area contributed by atoms with Gasteiger partial charge in [-0.15, -0.1) is 0 Å². The molecule has 0 saturated carbocycles. The van der Waals surface area contributed by atoms with Crippen molar-refractivity contribution in [3.05, 3.63) is 59.7 Å². The molecule has 0 aliphatic carbocycles. The topological polar surface area (TPSA) is 43.1 Å². The van der Waals surface area contributed by atoms with Crippen LogP contribution in [0.4, 0.5) is 0 Å². The van der Waals surface area contributed by atoms with Gasteiger partial charge in [0, 0.05) is 12.7 Å². The first-order valence-corrected chi connectivity index (χ1v) is 10.9. The lowest BCUT2D eigenvalue weighted by Crippen LogP contribution is -3.13. The zero-order chi connectivity index (χ0) is 18.7. The molecule has 0 atom stereocenters. The maximum Gasteiger partial charge on any atom is 0.103 e. The van der Waals surface area contributed by atoms with Gasteiger partial charge in [0.15, 0.2) is 0 Å². The number of halogens is 2. The van der Waals surface area contributed by atoms with Gasteiger partial charge >= 0.3 is 0 Å². The van der Waals surface area contributed by atoms with Gasteiger partial charge in [-0.1, -0.05) is 29.5 Å². The van der Waals surface area contributed by atoms with Crippen LogP contribution in [0.3, 0.4) is 0 Å². The molecule has 138 valence electrons. The summed E-state index contributed by atoms with van der Waals surface area (Å²) in [6.07, 6.45) is 1.72. The Balaban J connectivity index is 1.57. The summed E-state index contributed by atoms with van der Waals surface area (Å²) in [6, 6.07) is 10.5. The van der Waals surface area contributed by atoms with Crippen LogP contribution in [0.25, 0.3) is 0 Å². The van der Waals surface area contributed by atoms with E-state index < -0.39 is 0 Å². The fraction of sp³-hybridized carbons (Fsp3) is 0.350. The average molecular weight is 575 g/mol. The Morgan fingerprint density at radius 3 is 2.58 bits per heavy atom. The lowest BCUT2D eigenvalue weighted by Gasteiger charge is -2.30. The standard InChI is InChI=1S/C20H23I2N3O/c1-14-3-4-16(15(2)9-14)13-24-5-7-25(8-6-24)23-12-17-10-18(21)11-19(22)20(17)26/h3-4,9-12,26H,5-8,13H2,1-2H3. The highest BCUT2D eigenvalue weighted by atomic mass is 127. The Hall–Kier alpha value is -0.870. The van der Waals surface area contributed by atoms with Crippen LogP contribution in [0.1, 0.15) is 22.3 Å². The van der Waals surface area contributed by atoms with Gasteiger partial charge in [-0.3, -0.25) is 5.01 Å². The number of hydrazone groups is 1. The Labute approximate surface area is 182 Å². The monoisotopic (exact) mass is 575 g/mol. The summed E-state index contributed by atoms with van der Waals surface area (Å²) in [4.78, 5) is 1.59. The van der Waals surface area contributed by atoms with Crippen LogP contribution in [0.2, 0.25) is 0 Å². The van der Waals surface area contributed by atoms with E-state index in [0.717, 1.165) is 39.9 Å². The highest BCUT2D eigenvalue weighted by Gasteiger charge is 2.19. The van der Waals surface area contributed by atoms with E-state index in [1.807, 2.05) is 12.1 Å². The molecule has 1 heterocycles. The second kappa shape index (κ2) is 8.88. The third kappa shape index (κ3) is 5.10. The molecule has 1 aliphatic rings. The van der Waals surface area contributed by atoms with Crippen LogP contribution >= 0.6 is 45.2 Å². The van der Waals surface area contributed by atoms with E-state index in [1.165, 1.54) is 16.7 Å². The number of aryl methyl sites for hydroxylation is 2. The molecule has 1 saturated heterocycles. The largest absolute Gasteiger partial charge is 0.871 e. The van der Waals surface area contributed by atoms with Crippen LogP contribution in [-0.2, 0) is 6.54 Å². The predicted molar refractivity (Wildman–Crippen MR) is 121 cm³/mol. The number of nitrogens with one attached hydrogen (secondary N) is 1. The summed E-state index contributed by atoms with van der Waals surface area (Å²) in [5, 5.41) is 18.8. The van der Waals surface area contributed by atoms with Crippen molar-refractivity contribution >= 4 is 51.4 Å². The van der Waals surface area contributed by atoms with Gasteiger partial charge in [0.1, 0.15) is 6.54 Å². The molecule has 2 aromatic carbocycles.